The summed E-state index contributed by atoms with van der Waals surface area (Å²) in [6.07, 6.45) is -0.964. The summed E-state index contributed by atoms with van der Waals surface area (Å²) in [7, 11) is 0. The fourth-order valence-corrected chi connectivity index (χ4v) is 1.97. The molecule has 2 N–H and O–H groups in total. The summed E-state index contributed by atoms with van der Waals surface area (Å²) in [6, 6.07) is 0. The average Bonchev–Trinajstić information content (AvgIpc) is 3.14. The summed E-state index contributed by atoms with van der Waals surface area (Å²) in [5, 5.41) is 10.9. The van der Waals surface area contributed by atoms with Gasteiger partial charge in [0.05, 0.1) is 72.6 Å². The number of aliphatic hydroxyl groups excluding tert-OH is 1. The number of nitrogens with one attached hydrogen (secondary N) is 1. The lowest BCUT2D eigenvalue weighted by atomic mass is 10.4. The van der Waals surface area contributed by atoms with Crippen molar-refractivity contribution in [2.24, 2.45) is 0 Å². The van der Waals surface area contributed by atoms with Crippen molar-refractivity contribution in [3.8, 4) is 0 Å². The van der Waals surface area contributed by atoms with Gasteiger partial charge in [-0.25, -0.2) is 9.59 Å². The number of hydrogen-bond acceptors (Lipinski definition) is 11. The Balaban J connectivity index is 1.71. The van der Waals surface area contributed by atoms with Crippen LogP contribution in [0, 0.1) is 0 Å². The number of alkyl carbamates (subject to hydrolysis) is 1. The molecule has 1 amide bonds. The van der Waals surface area contributed by atoms with Crippen molar-refractivity contribution < 1.29 is 52.6 Å². The molecule has 0 spiro atoms. The van der Waals surface area contributed by atoms with Crippen LogP contribution in [0.1, 0.15) is 0 Å². The third-order valence-corrected chi connectivity index (χ3v) is 3.35. The first kappa shape index (κ1) is 25.5. The number of esters is 1. The largest absolute Gasteiger partial charge is 0.460 e. The minimum absolute atomic E-state index is 0.00506. The third kappa shape index (κ3) is 16.0. The number of rotatable bonds is 20. The van der Waals surface area contributed by atoms with Crippen LogP contribution < -0.4 is 5.32 Å². The molecule has 1 atom stereocenters. The van der Waals surface area contributed by atoms with Gasteiger partial charge in [0.25, 0.3) is 0 Å². The third-order valence-electron chi connectivity index (χ3n) is 3.35. The Morgan fingerprint density at radius 2 is 1.34 bits per heavy atom. The van der Waals surface area contributed by atoms with Crippen molar-refractivity contribution in [2.75, 3.05) is 92.6 Å². The first-order chi connectivity index (χ1) is 14.2. The number of cyclic esters (lactones) is 1. The molecule has 1 fully saturated rings. The second kappa shape index (κ2) is 18.5. The van der Waals surface area contributed by atoms with Crippen LogP contribution in [-0.4, -0.2) is 116 Å². The molecule has 29 heavy (non-hydrogen) atoms. The summed E-state index contributed by atoms with van der Waals surface area (Å²) in [6.45, 7) is 3.83. The number of ether oxygens (including phenoxy) is 8. The summed E-state index contributed by atoms with van der Waals surface area (Å²) in [5.74, 6) is -0.528. The smallest absolute Gasteiger partial charge is 0.407 e. The van der Waals surface area contributed by atoms with E-state index in [4.69, 9.17) is 43.0 Å². The van der Waals surface area contributed by atoms with Crippen LogP contribution >= 0.6 is 0 Å². The number of aliphatic hydroxyl groups is 1. The molecule has 170 valence electrons. The van der Waals surface area contributed by atoms with Crippen LogP contribution in [0.4, 0.5) is 4.79 Å². The molecule has 0 unspecified atom stereocenters. The lowest BCUT2D eigenvalue weighted by Crippen LogP contribution is -2.24. The van der Waals surface area contributed by atoms with Crippen LogP contribution in [0.15, 0.2) is 0 Å². The fraction of sp³-hybridized carbons (Fsp3) is 0.882. The first-order valence-corrected chi connectivity index (χ1v) is 9.39. The lowest BCUT2D eigenvalue weighted by molar-refractivity contribution is -0.151. The van der Waals surface area contributed by atoms with E-state index < -0.39 is 18.2 Å². The van der Waals surface area contributed by atoms with E-state index in [0.717, 1.165) is 0 Å². The highest BCUT2D eigenvalue weighted by Gasteiger charge is 2.23. The minimum atomic E-state index is -0.528. The van der Waals surface area contributed by atoms with Gasteiger partial charge in [0, 0.05) is 0 Å². The molecule has 1 aliphatic heterocycles. The Kier molecular flexibility index (Phi) is 16.3. The second-order valence-electron chi connectivity index (χ2n) is 5.63. The van der Waals surface area contributed by atoms with E-state index in [1.165, 1.54) is 0 Å². The number of carbonyl (C=O) groups is 2. The van der Waals surface area contributed by atoms with E-state index in [1.807, 2.05) is 0 Å². The molecule has 0 bridgehead atoms. The minimum Gasteiger partial charge on any atom is -0.460 e. The molecule has 1 saturated heterocycles. The highest BCUT2D eigenvalue weighted by molar-refractivity contribution is 5.71. The molecule has 0 aromatic heterocycles. The summed E-state index contributed by atoms with van der Waals surface area (Å²) in [4.78, 5) is 22.2. The summed E-state index contributed by atoms with van der Waals surface area (Å²) in [5.41, 5.74) is 0. The van der Waals surface area contributed by atoms with Crippen molar-refractivity contribution in [3.63, 3.8) is 0 Å². The van der Waals surface area contributed by atoms with Gasteiger partial charge < -0.3 is 48.3 Å². The molecule has 0 radical (unpaired) electrons. The zero-order chi connectivity index (χ0) is 21.0. The van der Waals surface area contributed by atoms with Gasteiger partial charge in [-0.2, -0.15) is 0 Å². The molecule has 0 aliphatic carbocycles. The monoisotopic (exact) mass is 425 g/mol. The van der Waals surface area contributed by atoms with Crippen LogP contribution in [0.25, 0.3) is 0 Å². The second-order valence-corrected chi connectivity index (χ2v) is 5.63. The molecular formula is C17H31NO11. The molecule has 12 nitrogen and oxygen atoms in total. The van der Waals surface area contributed by atoms with E-state index in [2.05, 4.69) is 5.32 Å². The number of amides is 1. The molecule has 1 rings (SSSR count). The van der Waals surface area contributed by atoms with Crippen LogP contribution in [0.2, 0.25) is 0 Å². The zero-order valence-electron chi connectivity index (χ0n) is 16.5. The molecule has 1 aliphatic rings. The van der Waals surface area contributed by atoms with Crippen LogP contribution in [0.5, 0.6) is 0 Å². The molecule has 0 aromatic rings. The zero-order valence-corrected chi connectivity index (χ0v) is 16.5. The fourth-order valence-electron chi connectivity index (χ4n) is 1.97. The van der Waals surface area contributed by atoms with Gasteiger partial charge in [-0.3, -0.25) is 0 Å². The summed E-state index contributed by atoms with van der Waals surface area (Å²) < 4.78 is 40.7. The Morgan fingerprint density at radius 1 is 0.862 bits per heavy atom. The highest BCUT2D eigenvalue weighted by Crippen LogP contribution is 2.00. The van der Waals surface area contributed by atoms with Gasteiger partial charge in [-0.1, -0.05) is 0 Å². The molecule has 12 heteroatoms. The quantitative estimate of drug-likeness (QED) is 0.136. The Bertz CT molecular complexity index is 424. The predicted octanol–water partition coefficient (Wildman–Crippen LogP) is -1.31. The Labute approximate surface area is 169 Å². The molecular weight excluding hydrogens is 394 g/mol. The van der Waals surface area contributed by atoms with Crippen molar-refractivity contribution in [3.05, 3.63) is 0 Å². The topological polar surface area (TPSA) is 140 Å². The van der Waals surface area contributed by atoms with E-state index in [-0.39, 0.29) is 26.6 Å². The average molecular weight is 425 g/mol. The number of hydrogen-bond donors (Lipinski definition) is 2. The number of carbonyl (C=O) groups excluding carboxylic acids is 2. The van der Waals surface area contributed by atoms with Crippen molar-refractivity contribution >= 4 is 12.1 Å². The Hall–Kier alpha value is -1.54. The maximum absolute atomic E-state index is 11.4. The van der Waals surface area contributed by atoms with Crippen molar-refractivity contribution in [2.45, 2.75) is 6.10 Å². The van der Waals surface area contributed by atoms with Gasteiger partial charge in [-0.15, -0.1) is 0 Å². The van der Waals surface area contributed by atoms with Gasteiger partial charge in [0.15, 0.2) is 6.10 Å². The van der Waals surface area contributed by atoms with E-state index in [9.17, 15) is 9.59 Å². The van der Waals surface area contributed by atoms with Crippen molar-refractivity contribution in [1.29, 1.82) is 0 Å². The van der Waals surface area contributed by atoms with Crippen LogP contribution in [-0.2, 0) is 42.7 Å². The van der Waals surface area contributed by atoms with Crippen LogP contribution in [0.3, 0.4) is 0 Å². The van der Waals surface area contributed by atoms with E-state index >= 15 is 0 Å². The molecule has 0 aromatic carbocycles. The first-order valence-electron chi connectivity index (χ1n) is 9.39. The highest BCUT2D eigenvalue weighted by atomic mass is 16.6. The molecule has 1 heterocycles. The van der Waals surface area contributed by atoms with E-state index in [1.54, 1.807) is 0 Å². The van der Waals surface area contributed by atoms with Gasteiger partial charge >= 0.3 is 12.1 Å². The maximum Gasteiger partial charge on any atom is 0.407 e. The predicted molar refractivity (Wildman–Crippen MR) is 96.4 cm³/mol. The SMILES string of the molecule is O=C(COCCOCCOCCOCCOCCOCO)OC[C@@H]1CNC(=O)O1. The van der Waals surface area contributed by atoms with Gasteiger partial charge in [0.2, 0.25) is 0 Å². The lowest BCUT2D eigenvalue weighted by Gasteiger charge is -2.09. The Morgan fingerprint density at radius 3 is 1.79 bits per heavy atom. The standard InChI is InChI=1S/C17H31NO11/c19-14-27-10-8-25-6-4-23-2-1-22-3-5-24-7-9-26-13-16(20)28-12-15-11-18-17(21)29-15/h15,19H,1-14H2,(H,18,21)/t15-/m0/s1. The van der Waals surface area contributed by atoms with Gasteiger partial charge in [0.1, 0.15) is 20.0 Å². The van der Waals surface area contributed by atoms with Gasteiger partial charge in [-0.05, 0) is 0 Å². The van der Waals surface area contributed by atoms with Crippen molar-refractivity contribution in [1.82, 2.24) is 5.32 Å². The molecule has 0 saturated carbocycles. The van der Waals surface area contributed by atoms with E-state index in [0.29, 0.717) is 66.0 Å². The maximum atomic E-state index is 11.4. The normalized spacial score (nSPS) is 15.9. The summed E-state index contributed by atoms with van der Waals surface area (Å²) >= 11 is 0.